The van der Waals surface area contributed by atoms with Gasteiger partial charge >= 0.3 is 51.1 Å². The summed E-state index contributed by atoms with van der Waals surface area (Å²) in [7, 11) is -4.98. The van der Waals surface area contributed by atoms with Crippen LogP contribution in [0, 0.1) is 0 Å². The van der Waals surface area contributed by atoms with Crippen LogP contribution in [0.5, 0.6) is 0 Å². The summed E-state index contributed by atoms with van der Waals surface area (Å²) in [4.78, 5) is 19.0. The van der Waals surface area contributed by atoms with Crippen molar-refractivity contribution in [1.82, 2.24) is 0 Å². The van der Waals surface area contributed by atoms with Crippen LogP contribution in [0.2, 0.25) is 0 Å². The molecule has 60 valence electrons. The van der Waals surface area contributed by atoms with Gasteiger partial charge in [0.1, 0.15) is 0 Å². The molecule has 9 heteroatoms. The van der Waals surface area contributed by atoms with Gasteiger partial charge in [-0.25, -0.2) is 9.59 Å². The van der Waals surface area contributed by atoms with E-state index in [1.54, 1.807) is 0 Å². The second-order valence-electron chi connectivity index (χ2n) is 1.07. The van der Waals surface area contributed by atoms with Crippen LogP contribution in [0.25, 0.3) is 0 Å². The minimum absolute atomic E-state index is 0. The summed E-state index contributed by atoms with van der Waals surface area (Å²) in [5.74, 6) is 0. The Labute approximate surface area is 84.9 Å². The summed E-state index contributed by atoms with van der Waals surface area (Å²) in [5.41, 5.74) is 0. The van der Waals surface area contributed by atoms with Crippen molar-refractivity contribution in [3.8, 4) is 0 Å². The maximum atomic E-state index is 9.94. The number of rotatable bonds is 0. The molecule has 0 aromatic carbocycles. The van der Waals surface area contributed by atoms with E-state index >= 15 is 0 Å². The molecule has 0 atom stereocenters. The first-order chi connectivity index (χ1) is 4.36. The van der Waals surface area contributed by atoms with E-state index in [2.05, 4.69) is 4.18 Å². The Morgan fingerprint density at radius 2 is 1.64 bits per heavy atom. The van der Waals surface area contributed by atoms with Crippen molar-refractivity contribution in [2.75, 3.05) is 0 Å². The standard InChI is InChI=1S/C2H2O7S.Na.H/c3-1(4)9-10(7,8)2(5)6;;/h(H,3,4)(H,5,6);;/q;+1;-1. The molecule has 0 aliphatic heterocycles. The first-order valence-electron chi connectivity index (χ1n) is 1.76. The van der Waals surface area contributed by atoms with Crippen molar-refractivity contribution in [2.45, 2.75) is 0 Å². The normalized spacial score (nSPS) is 9.45. The van der Waals surface area contributed by atoms with Gasteiger partial charge in [-0.05, 0) is 0 Å². The molecule has 2 N–H and O–H groups in total. The number of hydrogen-bond donors (Lipinski definition) is 2. The molecule has 0 aromatic rings. The van der Waals surface area contributed by atoms with Gasteiger partial charge in [-0.3, -0.25) is 0 Å². The first-order valence-corrected chi connectivity index (χ1v) is 3.17. The fourth-order valence-corrected chi connectivity index (χ4v) is 0.388. The van der Waals surface area contributed by atoms with Gasteiger partial charge < -0.3 is 15.8 Å². The molecule has 0 aliphatic rings. The van der Waals surface area contributed by atoms with Gasteiger partial charge in [0.25, 0.3) is 0 Å². The van der Waals surface area contributed by atoms with Crippen LogP contribution in [-0.4, -0.2) is 30.1 Å². The van der Waals surface area contributed by atoms with E-state index in [1.807, 2.05) is 0 Å². The summed E-state index contributed by atoms with van der Waals surface area (Å²) in [6, 6.07) is 0. The molecule has 0 spiro atoms. The number of hydrogen-bond acceptors (Lipinski definition) is 5. The summed E-state index contributed by atoms with van der Waals surface area (Å²) in [6.07, 6.45) is -2.18. The predicted octanol–water partition coefficient (Wildman–Crippen LogP) is -3.19. The molecular formula is C2H3NaO7S. The van der Waals surface area contributed by atoms with Gasteiger partial charge in [-0.2, -0.15) is 8.42 Å². The van der Waals surface area contributed by atoms with Crippen molar-refractivity contribution < 1.29 is 63.4 Å². The van der Waals surface area contributed by atoms with E-state index in [0.717, 1.165) is 0 Å². The van der Waals surface area contributed by atoms with Gasteiger partial charge in [0.15, 0.2) is 0 Å². The quantitative estimate of drug-likeness (QED) is 0.308. The fraction of sp³-hybridized carbons (Fsp3) is 0. The molecule has 0 aliphatic carbocycles. The molecule has 0 saturated carbocycles. The Morgan fingerprint density at radius 3 is 1.73 bits per heavy atom. The molecule has 0 unspecified atom stereocenters. The van der Waals surface area contributed by atoms with Gasteiger partial charge in [0.05, 0.1) is 0 Å². The smallest absolute Gasteiger partial charge is 1.00 e. The van der Waals surface area contributed by atoms with Crippen LogP contribution in [0.4, 0.5) is 9.59 Å². The fourth-order valence-electron chi connectivity index (χ4n) is 0.129. The molecule has 0 amide bonds. The maximum Gasteiger partial charge on any atom is 1.00 e. The van der Waals surface area contributed by atoms with Crippen molar-refractivity contribution in [1.29, 1.82) is 0 Å². The molecule has 11 heavy (non-hydrogen) atoms. The van der Waals surface area contributed by atoms with Gasteiger partial charge in [-0.15, -0.1) is 0 Å². The van der Waals surface area contributed by atoms with Crippen molar-refractivity contribution in [2.24, 2.45) is 0 Å². The Kier molecular flexibility index (Phi) is 5.49. The first kappa shape index (κ1) is 13.3. The third-order valence-electron chi connectivity index (χ3n) is 0.395. The zero-order valence-corrected chi connectivity index (χ0v) is 8.16. The third-order valence-corrected chi connectivity index (χ3v) is 1.18. The van der Waals surface area contributed by atoms with E-state index in [9.17, 15) is 18.0 Å². The molecule has 0 saturated heterocycles. The summed E-state index contributed by atoms with van der Waals surface area (Å²) in [6.45, 7) is 0. The summed E-state index contributed by atoms with van der Waals surface area (Å²) in [5, 5.41) is 13.0. The monoisotopic (exact) mass is 194 g/mol. The molecule has 0 bridgehead atoms. The minimum Gasteiger partial charge on any atom is -1.00 e. The van der Waals surface area contributed by atoms with Gasteiger partial charge in [-0.1, -0.05) is 0 Å². The third kappa shape index (κ3) is 5.01. The molecular weight excluding hydrogens is 191 g/mol. The topological polar surface area (TPSA) is 118 Å². The van der Waals surface area contributed by atoms with E-state index < -0.39 is 21.6 Å². The average Bonchev–Trinajstić information content (AvgIpc) is 1.60. The zero-order valence-electron chi connectivity index (χ0n) is 6.34. The van der Waals surface area contributed by atoms with Crippen molar-refractivity contribution in [3.05, 3.63) is 0 Å². The van der Waals surface area contributed by atoms with E-state index in [4.69, 9.17) is 10.2 Å². The average molecular weight is 194 g/mol. The second-order valence-corrected chi connectivity index (χ2v) is 2.49. The summed E-state index contributed by atoms with van der Waals surface area (Å²) < 4.78 is 22.9. The predicted molar refractivity (Wildman–Crippen MR) is 27.2 cm³/mol. The van der Waals surface area contributed by atoms with Crippen molar-refractivity contribution in [3.63, 3.8) is 0 Å². The molecule has 0 rings (SSSR count). The molecule has 0 heterocycles. The van der Waals surface area contributed by atoms with E-state index in [1.165, 1.54) is 0 Å². The van der Waals surface area contributed by atoms with E-state index in [0.29, 0.717) is 0 Å². The SMILES string of the molecule is O=C(O)OS(=O)(=O)C(=O)O.[H-].[Na+]. The van der Waals surface area contributed by atoms with Crippen LogP contribution >= 0.6 is 0 Å². The minimum atomic E-state index is -4.98. The van der Waals surface area contributed by atoms with Crippen LogP contribution in [0.3, 0.4) is 0 Å². The Morgan fingerprint density at radius 1 is 1.27 bits per heavy atom. The molecule has 0 radical (unpaired) electrons. The molecule has 0 fully saturated rings. The van der Waals surface area contributed by atoms with Gasteiger partial charge in [0.2, 0.25) is 0 Å². The second kappa shape index (κ2) is 4.54. The van der Waals surface area contributed by atoms with Gasteiger partial charge in [0, 0.05) is 0 Å². The van der Waals surface area contributed by atoms with Crippen molar-refractivity contribution >= 4 is 21.6 Å². The maximum absolute atomic E-state index is 9.94. The van der Waals surface area contributed by atoms with E-state index in [-0.39, 0.29) is 31.0 Å². The largest absolute Gasteiger partial charge is 1.00 e. The van der Waals surface area contributed by atoms with Crippen LogP contribution in [-0.2, 0) is 14.3 Å². The van der Waals surface area contributed by atoms with Crippen LogP contribution < -0.4 is 29.6 Å². The van der Waals surface area contributed by atoms with Crippen LogP contribution in [0.15, 0.2) is 0 Å². The molecule has 0 aromatic heterocycles. The Balaban J connectivity index is -0.000000405. The zero-order chi connectivity index (χ0) is 8.36. The number of carboxylic acid groups (broad SMARTS) is 2. The van der Waals surface area contributed by atoms with Crippen LogP contribution in [0.1, 0.15) is 1.43 Å². The molecule has 7 nitrogen and oxygen atoms in total. The Hall–Kier alpha value is -0.310. The summed E-state index contributed by atoms with van der Waals surface area (Å²) >= 11 is 0. The Bertz CT molecular complexity index is 257. The number of carbonyl (C=O) groups is 2.